The van der Waals surface area contributed by atoms with Crippen LogP contribution in [0, 0.1) is 17.3 Å². The lowest BCUT2D eigenvalue weighted by molar-refractivity contribution is 0.331. The molecule has 3 nitrogen and oxygen atoms in total. The Morgan fingerprint density at radius 2 is 1.73 bits per heavy atom. The monoisotopic (exact) mass is 229 g/mol. The number of rotatable bonds is 1. The maximum Gasteiger partial charge on any atom is 0.152 e. The van der Waals surface area contributed by atoms with E-state index < -0.39 is 9.84 Å². The van der Waals surface area contributed by atoms with Gasteiger partial charge in [-0.1, -0.05) is 11.8 Å². The summed E-state index contributed by atoms with van der Waals surface area (Å²) >= 11 is 0. The van der Waals surface area contributed by atoms with E-state index in [2.05, 4.69) is 37.5 Å². The van der Waals surface area contributed by atoms with E-state index in [1.54, 1.807) is 0 Å². The second kappa shape index (κ2) is 4.54. The number of nitrogens with zero attached hydrogens (tertiary/aromatic N) is 1. The van der Waals surface area contributed by atoms with Crippen LogP contribution in [-0.4, -0.2) is 44.5 Å². The lowest BCUT2D eigenvalue weighted by Gasteiger charge is -2.24. The maximum atomic E-state index is 11.2. The van der Waals surface area contributed by atoms with Gasteiger partial charge in [-0.3, -0.25) is 4.90 Å². The predicted octanol–water partition coefficient (Wildman–Crippen LogP) is 0.766. The number of hydrogen-bond donors (Lipinski definition) is 0. The molecular formula is C11H19NO2S. The first kappa shape index (κ1) is 12.5. The normalized spacial score (nSPS) is 21.8. The van der Waals surface area contributed by atoms with E-state index in [0.717, 1.165) is 0 Å². The van der Waals surface area contributed by atoms with Crippen LogP contribution in [0.4, 0.5) is 0 Å². The molecule has 15 heavy (non-hydrogen) atoms. The van der Waals surface area contributed by atoms with Crippen LogP contribution in [0.25, 0.3) is 0 Å². The molecule has 4 heteroatoms. The van der Waals surface area contributed by atoms with Crippen molar-refractivity contribution in [3.8, 4) is 11.8 Å². The highest BCUT2D eigenvalue weighted by Gasteiger charge is 2.20. The van der Waals surface area contributed by atoms with Gasteiger partial charge in [-0.15, -0.1) is 0 Å². The van der Waals surface area contributed by atoms with Gasteiger partial charge in [0.05, 0.1) is 18.1 Å². The maximum absolute atomic E-state index is 11.2. The van der Waals surface area contributed by atoms with Gasteiger partial charge in [0.1, 0.15) is 0 Å². The Morgan fingerprint density at radius 3 is 2.20 bits per heavy atom. The smallest absolute Gasteiger partial charge is 0.152 e. The Kier molecular flexibility index (Phi) is 3.80. The van der Waals surface area contributed by atoms with Crippen LogP contribution in [0.5, 0.6) is 0 Å². The predicted molar refractivity (Wildman–Crippen MR) is 62.3 cm³/mol. The van der Waals surface area contributed by atoms with Gasteiger partial charge in [0.2, 0.25) is 0 Å². The highest BCUT2D eigenvalue weighted by molar-refractivity contribution is 7.91. The standard InChI is InChI=1S/C11H19NO2S/c1-11(2,3)5-4-6-12-7-9-15(13,14)10-8-12/h6-10H2,1-3H3. The second-order valence-electron chi connectivity index (χ2n) is 4.98. The summed E-state index contributed by atoms with van der Waals surface area (Å²) < 4.78 is 22.3. The van der Waals surface area contributed by atoms with Gasteiger partial charge in [-0.2, -0.15) is 0 Å². The van der Waals surface area contributed by atoms with Gasteiger partial charge < -0.3 is 0 Å². The fourth-order valence-electron chi connectivity index (χ4n) is 1.32. The van der Waals surface area contributed by atoms with E-state index in [1.807, 2.05) is 0 Å². The Bertz CT molecular complexity index is 354. The third-order valence-corrected chi connectivity index (χ3v) is 3.81. The summed E-state index contributed by atoms with van der Waals surface area (Å²) in [5.41, 5.74) is 0.0296. The quantitative estimate of drug-likeness (QED) is 0.623. The van der Waals surface area contributed by atoms with Crippen molar-refractivity contribution in [3.63, 3.8) is 0 Å². The summed E-state index contributed by atoms with van der Waals surface area (Å²) in [6, 6.07) is 0. The molecule has 0 bridgehead atoms. The van der Waals surface area contributed by atoms with Crippen molar-refractivity contribution >= 4 is 9.84 Å². The summed E-state index contributed by atoms with van der Waals surface area (Å²) in [5, 5.41) is 0. The molecule has 1 heterocycles. The third-order valence-electron chi connectivity index (χ3n) is 2.20. The van der Waals surface area contributed by atoms with Crippen molar-refractivity contribution in [1.29, 1.82) is 0 Å². The minimum Gasteiger partial charge on any atom is -0.290 e. The van der Waals surface area contributed by atoms with Gasteiger partial charge in [-0.25, -0.2) is 8.42 Å². The van der Waals surface area contributed by atoms with Crippen LogP contribution >= 0.6 is 0 Å². The fraction of sp³-hybridized carbons (Fsp3) is 0.818. The highest BCUT2D eigenvalue weighted by Crippen LogP contribution is 2.10. The van der Waals surface area contributed by atoms with Gasteiger partial charge >= 0.3 is 0 Å². The summed E-state index contributed by atoms with van der Waals surface area (Å²) in [5.74, 6) is 6.82. The molecular weight excluding hydrogens is 210 g/mol. The molecule has 0 amide bonds. The number of sulfone groups is 1. The van der Waals surface area contributed by atoms with Crippen LogP contribution < -0.4 is 0 Å². The Balaban J connectivity index is 2.39. The lowest BCUT2D eigenvalue weighted by atomic mass is 9.98. The van der Waals surface area contributed by atoms with E-state index in [1.165, 1.54) is 0 Å². The van der Waals surface area contributed by atoms with E-state index in [9.17, 15) is 8.42 Å². The van der Waals surface area contributed by atoms with Gasteiger partial charge in [-0.05, 0) is 20.8 Å². The topological polar surface area (TPSA) is 37.4 Å². The van der Waals surface area contributed by atoms with Crippen molar-refractivity contribution < 1.29 is 8.42 Å². The fourth-order valence-corrected chi connectivity index (χ4v) is 2.60. The first-order valence-corrected chi connectivity index (χ1v) is 7.03. The van der Waals surface area contributed by atoms with E-state index in [4.69, 9.17) is 0 Å². The molecule has 0 unspecified atom stereocenters. The van der Waals surface area contributed by atoms with Crippen molar-refractivity contribution in [1.82, 2.24) is 4.90 Å². The zero-order valence-electron chi connectivity index (χ0n) is 9.71. The molecule has 0 aromatic rings. The summed E-state index contributed by atoms with van der Waals surface area (Å²) in [4.78, 5) is 2.10. The van der Waals surface area contributed by atoms with E-state index in [0.29, 0.717) is 19.6 Å². The molecule has 1 aliphatic rings. The first-order chi connectivity index (χ1) is 6.79. The first-order valence-electron chi connectivity index (χ1n) is 5.21. The molecule has 1 rings (SSSR count). The van der Waals surface area contributed by atoms with Crippen LogP contribution in [0.2, 0.25) is 0 Å². The molecule has 1 fully saturated rings. The molecule has 1 saturated heterocycles. The zero-order valence-corrected chi connectivity index (χ0v) is 10.5. The average molecular weight is 229 g/mol. The minimum absolute atomic E-state index is 0.0296. The summed E-state index contributed by atoms with van der Waals surface area (Å²) in [6.07, 6.45) is 0. The van der Waals surface area contributed by atoms with Crippen LogP contribution in [-0.2, 0) is 9.84 Å². The molecule has 0 saturated carbocycles. The highest BCUT2D eigenvalue weighted by atomic mass is 32.2. The molecule has 0 N–H and O–H groups in total. The summed E-state index contributed by atoms with van der Waals surface area (Å²) in [7, 11) is -2.76. The molecule has 0 aromatic carbocycles. The third kappa shape index (κ3) is 5.19. The molecule has 86 valence electrons. The minimum atomic E-state index is -2.76. The zero-order chi connectivity index (χ0) is 11.5. The average Bonchev–Trinajstić information content (AvgIpc) is 2.06. The molecule has 0 spiro atoms. The molecule has 0 atom stereocenters. The van der Waals surface area contributed by atoms with Crippen molar-refractivity contribution in [2.24, 2.45) is 5.41 Å². The van der Waals surface area contributed by atoms with Crippen LogP contribution in [0.3, 0.4) is 0 Å². The second-order valence-corrected chi connectivity index (χ2v) is 7.28. The number of hydrogen-bond acceptors (Lipinski definition) is 3. The molecule has 0 aromatic heterocycles. The molecule has 1 aliphatic heterocycles. The molecule has 0 radical (unpaired) electrons. The van der Waals surface area contributed by atoms with Crippen molar-refractivity contribution in [2.45, 2.75) is 20.8 Å². The van der Waals surface area contributed by atoms with E-state index >= 15 is 0 Å². The van der Waals surface area contributed by atoms with Crippen molar-refractivity contribution in [2.75, 3.05) is 31.1 Å². The summed E-state index contributed by atoms with van der Waals surface area (Å²) in [6.45, 7) is 8.15. The Hall–Kier alpha value is -0.530. The van der Waals surface area contributed by atoms with E-state index in [-0.39, 0.29) is 16.9 Å². The lowest BCUT2D eigenvalue weighted by Crippen LogP contribution is -2.40. The SMILES string of the molecule is CC(C)(C)C#CCN1CCS(=O)(=O)CC1. The van der Waals surface area contributed by atoms with Crippen molar-refractivity contribution in [3.05, 3.63) is 0 Å². The van der Waals surface area contributed by atoms with Gasteiger partial charge in [0.15, 0.2) is 9.84 Å². The Labute approximate surface area is 92.8 Å². The van der Waals surface area contributed by atoms with Crippen LogP contribution in [0.15, 0.2) is 0 Å². The van der Waals surface area contributed by atoms with Gasteiger partial charge in [0, 0.05) is 18.5 Å². The largest absolute Gasteiger partial charge is 0.290 e. The van der Waals surface area contributed by atoms with Gasteiger partial charge in [0.25, 0.3) is 0 Å². The Morgan fingerprint density at radius 1 is 1.20 bits per heavy atom. The molecule has 0 aliphatic carbocycles. The van der Waals surface area contributed by atoms with Crippen LogP contribution in [0.1, 0.15) is 20.8 Å².